The van der Waals surface area contributed by atoms with E-state index in [0.717, 1.165) is 21.5 Å². The summed E-state index contributed by atoms with van der Waals surface area (Å²) in [5.74, 6) is -0.170. The average molecular weight is 337 g/mol. The summed E-state index contributed by atoms with van der Waals surface area (Å²) < 4.78 is 0. The second-order valence-corrected chi connectivity index (χ2v) is 6.68. The van der Waals surface area contributed by atoms with Crippen molar-refractivity contribution in [3.63, 3.8) is 0 Å². The van der Waals surface area contributed by atoms with E-state index in [4.69, 9.17) is 0 Å². The lowest BCUT2D eigenvalue weighted by Crippen LogP contribution is -2.12. The van der Waals surface area contributed by atoms with Crippen molar-refractivity contribution in [2.24, 2.45) is 0 Å². The Morgan fingerprint density at radius 1 is 1.04 bits per heavy atom. The maximum Gasteiger partial charge on any atom is 0.258 e. The highest BCUT2D eigenvalue weighted by atomic mass is 32.1. The third kappa shape index (κ3) is 2.74. The fraction of sp³-hybridized carbons (Fsp3) is 0. The fourth-order valence-corrected chi connectivity index (χ4v) is 3.57. The zero-order valence-corrected chi connectivity index (χ0v) is 13.5. The predicted octanol–water partition coefficient (Wildman–Crippen LogP) is 4.67. The van der Waals surface area contributed by atoms with Gasteiger partial charge in [0.05, 0.1) is 21.7 Å². The molecule has 0 spiro atoms. The molecule has 0 bridgehead atoms. The highest BCUT2D eigenvalue weighted by Crippen LogP contribution is 2.28. The van der Waals surface area contributed by atoms with Crippen LogP contribution in [0.25, 0.3) is 21.5 Å². The van der Waals surface area contributed by atoms with Gasteiger partial charge in [-0.25, -0.2) is 9.97 Å². The van der Waals surface area contributed by atoms with E-state index < -0.39 is 0 Å². The number of benzene rings is 1. The molecule has 0 aliphatic carbocycles. The topological polar surface area (TPSA) is 54.9 Å². The van der Waals surface area contributed by atoms with Crippen LogP contribution in [0.3, 0.4) is 0 Å². The molecule has 0 aliphatic rings. The summed E-state index contributed by atoms with van der Waals surface area (Å²) in [5.41, 5.74) is 2.22. The largest absolute Gasteiger partial charge is 0.298 e. The lowest BCUT2D eigenvalue weighted by atomic mass is 10.1. The van der Waals surface area contributed by atoms with Crippen LogP contribution in [0.5, 0.6) is 0 Å². The number of hydrogen-bond donors (Lipinski definition) is 1. The molecule has 4 aromatic rings. The summed E-state index contributed by atoms with van der Waals surface area (Å²) in [6.45, 7) is 0. The highest BCUT2D eigenvalue weighted by molar-refractivity contribution is 7.14. The molecule has 0 aliphatic heterocycles. The van der Waals surface area contributed by atoms with Gasteiger partial charge in [-0.05, 0) is 23.6 Å². The van der Waals surface area contributed by atoms with E-state index >= 15 is 0 Å². The zero-order chi connectivity index (χ0) is 15.6. The van der Waals surface area contributed by atoms with Gasteiger partial charge in [-0.2, -0.15) is 0 Å². The van der Waals surface area contributed by atoms with E-state index in [1.807, 2.05) is 53.2 Å². The molecule has 0 atom stereocenters. The number of para-hydroxylation sites is 1. The van der Waals surface area contributed by atoms with Crippen LogP contribution in [-0.2, 0) is 0 Å². The summed E-state index contributed by atoms with van der Waals surface area (Å²) in [6.07, 6.45) is 1.67. The van der Waals surface area contributed by atoms with Crippen molar-refractivity contribution in [1.82, 2.24) is 9.97 Å². The average Bonchev–Trinajstić information content (AvgIpc) is 3.27. The number of anilines is 1. The summed E-state index contributed by atoms with van der Waals surface area (Å²) in [7, 11) is 0. The Labute approximate surface area is 140 Å². The fourth-order valence-electron chi connectivity index (χ4n) is 2.36. The SMILES string of the molecule is O=C(Nc1nccs1)c1cc(-c2cccs2)nc2ccccc12. The van der Waals surface area contributed by atoms with Crippen LogP contribution in [0.4, 0.5) is 5.13 Å². The minimum atomic E-state index is -0.170. The molecule has 4 nitrogen and oxygen atoms in total. The molecular formula is C17H11N3OS2. The Morgan fingerprint density at radius 3 is 2.74 bits per heavy atom. The van der Waals surface area contributed by atoms with Crippen LogP contribution in [-0.4, -0.2) is 15.9 Å². The molecule has 3 heterocycles. The molecule has 1 aromatic carbocycles. The molecule has 23 heavy (non-hydrogen) atoms. The number of rotatable bonds is 3. The molecule has 3 aromatic heterocycles. The maximum absolute atomic E-state index is 12.7. The Kier molecular flexibility index (Phi) is 3.61. The van der Waals surface area contributed by atoms with Gasteiger partial charge in [0.25, 0.3) is 5.91 Å². The number of aromatic nitrogens is 2. The molecule has 4 rings (SSSR count). The first-order valence-electron chi connectivity index (χ1n) is 6.96. The van der Waals surface area contributed by atoms with Gasteiger partial charge < -0.3 is 0 Å². The van der Waals surface area contributed by atoms with Gasteiger partial charge in [-0.1, -0.05) is 24.3 Å². The number of nitrogens with one attached hydrogen (secondary N) is 1. The van der Waals surface area contributed by atoms with Gasteiger partial charge in [0, 0.05) is 17.0 Å². The van der Waals surface area contributed by atoms with Gasteiger partial charge in [0.15, 0.2) is 5.13 Å². The van der Waals surface area contributed by atoms with Crippen molar-refractivity contribution >= 4 is 44.6 Å². The molecule has 0 saturated heterocycles. The third-order valence-electron chi connectivity index (χ3n) is 3.39. The summed E-state index contributed by atoms with van der Waals surface area (Å²) in [4.78, 5) is 22.5. The highest BCUT2D eigenvalue weighted by Gasteiger charge is 2.15. The molecular weight excluding hydrogens is 326 g/mol. The van der Waals surface area contributed by atoms with Crippen molar-refractivity contribution in [3.8, 4) is 10.6 Å². The summed E-state index contributed by atoms with van der Waals surface area (Å²) in [5, 5.41) is 8.11. The lowest BCUT2D eigenvalue weighted by Gasteiger charge is -2.08. The van der Waals surface area contributed by atoms with Crippen molar-refractivity contribution < 1.29 is 4.79 Å². The number of carbonyl (C=O) groups excluding carboxylic acids is 1. The van der Waals surface area contributed by atoms with Crippen LogP contribution in [0.15, 0.2) is 59.4 Å². The van der Waals surface area contributed by atoms with E-state index in [0.29, 0.717) is 10.7 Å². The number of fused-ring (bicyclic) bond motifs is 1. The number of carbonyl (C=O) groups is 1. The Hall–Kier alpha value is -2.57. The van der Waals surface area contributed by atoms with Crippen LogP contribution < -0.4 is 5.32 Å². The van der Waals surface area contributed by atoms with E-state index in [1.165, 1.54) is 11.3 Å². The Morgan fingerprint density at radius 2 is 1.96 bits per heavy atom. The van der Waals surface area contributed by atoms with Crippen molar-refractivity contribution in [2.45, 2.75) is 0 Å². The first kappa shape index (κ1) is 14.0. The molecule has 0 radical (unpaired) electrons. The quantitative estimate of drug-likeness (QED) is 0.591. The van der Waals surface area contributed by atoms with Crippen LogP contribution >= 0.6 is 22.7 Å². The number of thiazole rings is 1. The molecule has 1 N–H and O–H groups in total. The van der Waals surface area contributed by atoms with Crippen LogP contribution in [0, 0.1) is 0 Å². The Bertz CT molecular complexity index is 963. The smallest absolute Gasteiger partial charge is 0.258 e. The van der Waals surface area contributed by atoms with Gasteiger partial charge in [-0.3, -0.25) is 10.1 Å². The maximum atomic E-state index is 12.7. The first-order valence-corrected chi connectivity index (χ1v) is 8.72. The molecule has 0 saturated carbocycles. The number of nitrogens with zero attached hydrogens (tertiary/aromatic N) is 2. The Balaban J connectivity index is 1.85. The van der Waals surface area contributed by atoms with E-state index in [2.05, 4.69) is 15.3 Å². The summed E-state index contributed by atoms with van der Waals surface area (Å²) in [6, 6.07) is 13.5. The minimum absolute atomic E-state index is 0.170. The molecule has 112 valence electrons. The minimum Gasteiger partial charge on any atom is -0.298 e. The lowest BCUT2D eigenvalue weighted by molar-refractivity contribution is 0.102. The van der Waals surface area contributed by atoms with Crippen LogP contribution in [0.1, 0.15) is 10.4 Å². The standard InChI is InChI=1S/C17H11N3OS2/c21-16(20-17-18-7-9-23-17)12-10-14(15-6-3-8-22-15)19-13-5-2-1-4-11(12)13/h1-10H,(H,18,20,21). The molecule has 1 amide bonds. The van der Waals surface area contributed by atoms with Gasteiger partial charge in [0.2, 0.25) is 0 Å². The third-order valence-corrected chi connectivity index (χ3v) is 4.97. The molecule has 0 fully saturated rings. The molecule has 6 heteroatoms. The number of thiophene rings is 1. The van der Waals surface area contributed by atoms with Crippen molar-refractivity contribution in [1.29, 1.82) is 0 Å². The zero-order valence-electron chi connectivity index (χ0n) is 11.9. The first-order chi connectivity index (χ1) is 11.3. The monoisotopic (exact) mass is 337 g/mol. The van der Waals surface area contributed by atoms with E-state index in [-0.39, 0.29) is 5.91 Å². The van der Waals surface area contributed by atoms with Crippen LogP contribution in [0.2, 0.25) is 0 Å². The summed E-state index contributed by atoms with van der Waals surface area (Å²) >= 11 is 3.00. The normalized spacial score (nSPS) is 10.8. The second-order valence-electron chi connectivity index (χ2n) is 4.84. The van der Waals surface area contributed by atoms with E-state index in [9.17, 15) is 4.79 Å². The second kappa shape index (κ2) is 5.91. The van der Waals surface area contributed by atoms with Crippen molar-refractivity contribution in [2.75, 3.05) is 5.32 Å². The number of pyridine rings is 1. The van der Waals surface area contributed by atoms with E-state index in [1.54, 1.807) is 17.5 Å². The predicted molar refractivity (Wildman–Crippen MR) is 95.1 cm³/mol. The molecule has 0 unspecified atom stereocenters. The van der Waals surface area contributed by atoms with Gasteiger partial charge >= 0.3 is 0 Å². The number of amides is 1. The van der Waals surface area contributed by atoms with Gasteiger partial charge in [-0.15, -0.1) is 22.7 Å². The van der Waals surface area contributed by atoms with Crippen molar-refractivity contribution in [3.05, 3.63) is 65.0 Å². The van der Waals surface area contributed by atoms with Gasteiger partial charge in [0.1, 0.15) is 0 Å². The number of hydrogen-bond acceptors (Lipinski definition) is 5.